The van der Waals surface area contributed by atoms with Crippen LogP contribution in [0.2, 0.25) is 0 Å². The summed E-state index contributed by atoms with van der Waals surface area (Å²) < 4.78 is 13.0. The Balaban J connectivity index is 1.34. The van der Waals surface area contributed by atoms with Crippen LogP contribution >= 0.6 is 0 Å². The molecule has 0 unspecified atom stereocenters. The van der Waals surface area contributed by atoms with Crippen LogP contribution < -0.4 is 15.7 Å². The lowest BCUT2D eigenvalue weighted by Crippen LogP contribution is -2.24. The molecule has 1 aliphatic rings. The number of imidazole rings is 1. The van der Waals surface area contributed by atoms with Crippen molar-refractivity contribution in [1.82, 2.24) is 9.55 Å². The molecular weight excluding hydrogens is 394 g/mol. The lowest BCUT2D eigenvalue weighted by atomic mass is 9.95. The molecule has 2 aromatic carbocycles. The summed E-state index contributed by atoms with van der Waals surface area (Å²) in [7, 11) is 0. The molecule has 0 aliphatic heterocycles. The second kappa shape index (κ2) is 8.26. The zero-order valence-corrected chi connectivity index (χ0v) is 17.0. The topological polar surface area (TPSA) is 86.4 Å². The van der Waals surface area contributed by atoms with Crippen LogP contribution in [0.25, 0.3) is 22.0 Å². The SMILES string of the molecule is O=C(COc1ccc2ccc(=O)oc2c1)Nc1nc2ccccc2n1C1CCCCC1. The van der Waals surface area contributed by atoms with Crippen molar-refractivity contribution in [3.8, 4) is 5.75 Å². The van der Waals surface area contributed by atoms with Gasteiger partial charge in [-0.3, -0.25) is 10.1 Å². The first kappa shape index (κ1) is 19.4. The molecule has 1 N–H and O–H groups in total. The Bertz CT molecular complexity index is 1300. The van der Waals surface area contributed by atoms with Crippen molar-refractivity contribution in [2.24, 2.45) is 0 Å². The molecule has 1 aliphatic carbocycles. The molecule has 31 heavy (non-hydrogen) atoms. The van der Waals surface area contributed by atoms with Gasteiger partial charge < -0.3 is 13.7 Å². The molecule has 1 saturated carbocycles. The number of hydrogen-bond acceptors (Lipinski definition) is 5. The van der Waals surface area contributed by atoms with Crippen molar-refractivity contribution in [2.75, 3.05) is 11.9 Å². The molecule has 2 heterocycles. The highest BCUT2D eigenvalue weighted by Crippen LogP contribution is 2.34. The standard InChI is InChI=1S/C24H23N3O4/c28-22(15-30-18-12-10-16-11-13-23(29)31-21(16)14-18)26-24-25-19-8-4-5-9-20(19)27(24)17-6-2-1-3-7-17/h4-5,8-14,17H,1-3,6-7,15H2,(H,25,26,28). The van der Waals surface area contributed by atoms with Gasteiger partial charge in [-0.05, 0) is 43.2 Å². The number of carbonyl (C=O) groups excluding carboxylic acids is 1. The van der Waals surface area contributed by atoms with E-state index in [1.807, 2.05) is 24.3 Å². The van der Waals surface area contributed by atoms with Gasteiger partial charge >= 0.3 is 5.63 Å². The Morgan fingerprint density at radius 2 is 1.90 bits per heavy atom. The maximum Gasteiger partial charge on any atom is 0.336 e. The molecule has 0 saturated heterocycles. The van der Waals surface area contributed by atoms with Gasteiger partial charge in [-0.25, -0.2) is 9.78 Å². The maximum atomic E-state index is 12.7. The molecule has 2 aromatic heterocycles. The third kappa shape index (κ3) is 4.03. The highest BCUT2D eigenvalue weighted by molar-refractivity contribution is 5.92. The van der Waals surface area contributed by atoms with Crippen molar-refractivity contribution < 1.29 is 13.9 Å². The van der Waals surface area contributed by atoms with Gasteiger partial charge in [0.1, 0.15) is 11.3 Å². The summed E-state index contributed by atoms with van der Waals surface area (Å²) in [5.41, 5.74) is 1.90. The number of nitrogens with zero attached hydrogens (tertiary/aromatic N) is 2. The number of benzene rings is 2. The largest absolute Gasteiger partial charge is 0.484 e. The normalized spacial score (nSPS) is 14.7. The van der Waals surface area contributed by atoms with Crippen molar-refractivity contribution in [2.45, 2.75) is 38.1 Å². The van der Waals surface area contributed by atoms with E-state index in [0.717, 1.165) is 29.3 Å². The smallest absolute Gasteiger partial charge is 0.336 e. The lowest BCUT2D eigenvalue weighted by Gasteiger charge is -2.25. The number of amides is 1. The molecule has 7 nitrogen and oxygen atoms in total. The average molecular weight is 417 g/mol. The number of aromatic nitrogens is 2. The number of rotatable bonds is 5. The van der Waals surface area contributed by atoms with Gasteiger partial charge in [0.15, 0.2) is 6.61 Å². The number of hydrogen-bond donors (Lipinski definition) is 1. The molecule has 5 rings (SSSR count). The van der Waals surface area contributed by atoms with Gasteiger partial charge in [0.2, 0.25) is 5.95 Å². The van der Waals surface area contributed by atoms with E-state index in [1.54, 1.807) is 24.3 Å². The zero-order chi connectivity index (χ0) is 21.2. The molecule has 1 amide bonds. The number of carbonyl (C=O) groups is 1. The number of para-hydroxylation sites is 2. The fourth-order valence-electron chi connectivity index (χ4n) is 4.28. The van der Waals surface area contributed by atoms with Gasteiger partial charge in [0.25, 0.3) is 5.91 Å². The minimum atomic E-state index is -0.427. The van der Waals surface area contributed by atoms with Crippen LogP contribution in [-0.4, -0.2) is 22.1 Å². The van der Waals surface area contributed by atoms with E-state index in [2.05, 4.69) is 14.9 Å². The summed E-state index contributed by atoms with van der Waals surface area (Å²) in [4.78, 5) is 28.7. The van der Waals surface area contributed by atoms with Crippen LogP contribution in [0.15, 0.2) is 63.8 Å². The summed E-state index contributed by atoms with van der Waals surface area (Å²) in [5.74, 6) is 0.728. The number of ether oxygens (including phenoxy) is 1. The zero-order valence-electron chi connectivity index (χ0n) is 17.0. The molecule has 0 bridgehead atoms. The van der Waals surface area contributed by atoms with E-state index in [1.165, 1.54) is 25.3 Å². The molecule has 7 heteroatoms. The summed E-state index contributed by atoms with van der Waals surface area (Å²) >= 11 is 0. The fraction of sp³-hybridized carbons (Fsp3) is 0.292. The predicted octanol–water partition coefficient (Wildman–Crippen LogP) is 4.67. The van der Waals surface area contributed by atoms with Gasteiger partial charge in [-0.15, -0.1) is 0 Å². The third-order valence-corrected chi connectivity index (χ3v) is 5.75. The van der Waals surface area contributed by atoms with Crippen LogP contribution in [0, 0.1) is 0 Å². The van der Waals surface area contributed by atoms with Crippen LogP contribution in [0.5, 0.6) is 5.75 Å². The Morgan fingerprint density at radius 3 is 2.77 bits per heavy atom. The van der Waals surface area contributed by atoms with E-state index in [9.17, 15) is 9.59 Å². The molecule has 158 valence electrons. The monoisotopic (exact) mass is 417 g/mol. The van der Waals surface area contributed by atoms with E-state index >= 15 is 0 Å². The number of nitrogens with one attached hydrogen (secondary N) is 1. The second-order valence-corrected chi connectivity index (χ2v) is 7.88. The van der Waals surface area contributed by atoms with Crippen LogP contribution in [0.3, 0.4) is 0 Å². The average Bonchev–Trinajstić information content (AvgIpc) is 3.15. The van der Waals surface area contributed by atoms with Crippen molar-refractivity contribution in [3.05, 3.63) is 65.0 Å². The fourth-order valence-corrected chi connectivity index (χ4v) is 4.28. The molecule has 4 aromatic rings. The quantitative estimate of drug-likeness (QED) is 0.477. The number of anilines is 1. The Labute approximate surface area is 178 Å². The first-order valence-corrected chi connectivity index (χ1v) is 10.6. The highest BCUT2D eigenvalue weighted by Gasteiger charge is 2.22. The lowest BCUT2D eigenvalue weighted by molar-refractivity contribution is -0.118. The second-order valence-electron chi connectivity index (χ2n) is 7.88. The van der Waals surface area contributed by atoms with E-state index in [0.29, 0.717) is 23.3 Å². The number of fused-ring (bicyclic) bond motifs is 2. The summed E-state index contributed by atoms with van der Waals surface area (Å²) in [6.07, 6.45) is 5.80. The van der Waals surface area contributed by atoms with Crippen LogP contribution in [0.4, 0.5) is 5.95 Å². The first-order chi connectivity index (χ1) is 15.2. The van der Waals surface area contributed by atoms with Crippen molar-refractivity contribution >= 4 is 33.9 Å². The van der Waals surface area contributed by atoms with E-state index in [4.69, 9.17) is 9.15 Å². The third-order valence-electron chi connectivity index (χ3n) is 5.75. The van der Waals surface area contributed by atoms with E-state index in [-0.39, 0.29) is 12.5 Å². The van der Waals surface area contributed by atoms with Crippen LogP contribution in [-0.2, 0) is 4.79 Å². The first-order valence-electron chi connectivity index (χ1n) is 10.6. The molecule has 0 radical (unpaired) electrons. The minimum Gasteiger partial charge on any atom is -0.484 e. The summed E-state index contributed by atoms with van der Waals surface area (Å²) in [6.45, 7) is -0.170. The predicted molar refractivity (Wildman–Crippen MR) is 118 cm³/mol. The Kier molecular flexibility index (Phi) is 5.16. The van der Waals surface area contributed by atoms with Gasteiger partial charge in [0.05, 0.1) is 11.0 Å². The molecule has 0 spiro atoms. The van der Waals surface area contributed by atoms with Gasteiger partial charge in [-0.2, -0.15) is 0 Å². The maximum absolute atomic E-state index is 12.7. The highest BCUT2D eigenvalue weighted by atomic mass is 16.5. The van der Waals surface area contributed by atoms with Gasteiger partial charge in [0, 0.05) is 23.6 Å². The molecular formula is C24H23N3O4. The molecule has 0 atom stereocenters. The minimum absolute atomic E-state index is 0.170. The van der Waals surface area contributed by atoms with Crippen molar-refractivity contribution in [3.63, 3.8) is 0 Å². The van der Waals surface area contributed by atoms with E-state index < -0.39 is 5.63 Å². The van der Waals surface area contributed by atoms with Crippen molar-refractivity contribution in [1.29, 1.82) is 0 Å². The summed E-state index contributed by atoms with van der Waals surface area (Å²) in [5, 5.41) is 3.72. The Hall–Kier alpha value is -3.61. The summed E-state index contributed by atoms with van der Waals surface area (Å²) in [6, 6.07) is 16.5. The van der Waals surface area contributed by atoms with Crippen LogP contribution in [0.1, 0.15) is 38.1 Å². The Morgan fingerprint density at radius 1 is 1.10 bits per heavy atom. The van der Waals surface area contributed by atoms with Gasteiger partial charge in [-0.1, -0.05) is 31.4 Å². The molecule has 1 fully saturated rings.